The highest BCUT2D eigenvalue weighted by Crippen LogP contribution is 2.22. The van der Waals surface area contributed by atoms with Gasteiger partial charge in [-0.05, 0) is 63.0 Å². The summed E-state index contributed by atoms with van der Waals surface area (Å²) in [5.41, 5.74) is 0.913. The molecule has 1 aliphatic rings. The number of methoxy groups -OCH3 is 1. The molecule has 222 valence electrons. The van der Waals surface area contributed by atoms with Gasteiger partial charge in [-0.15, -0.1) is 5.10 Å². The van der Waals surface area contributed by atoms with Crippen LogP contribution in [0.1, 0.15) is 75.0 Å². The molecule has 1 atom stereocenters. The molecular formula is C29H44FN5O5. The predicted molar refractivity (Wildman–Crippen MR) is 149 cm³/mol. The topological polar surface area (TPSA) is 110 Å². The predicted octanol–water partition coefficient (Wildman–Crippen LogP) is 4.24. The minimum atomic E-state index is -0.461. The molecule has 0 aliphatic carbocycles. The van der Waals surface area contributed by atoms with E-state index in [0.717, 1.165) is 25.7 Å². The molecule has 3 rings (SSSR count). The highest BCUT2D eigenvalue weighted by molar-refractivity contribution is 5.93. The Bertz CT molecular complexity index is 1070. The number of amides is 2. The van der Waals surface area contributed by atoms with Gasteiger partial charge in [0.2, 0.25) is 0 Å². The Hall–Kier alpha value is -3.05. The fourth-order valence-corrected chi connectivity index (χ4v) is 5.03. The van der Waals surface area contributed by atoms with Gasteiger partial charge >= 0.3 is 6.09 Å². The maximum Gasteiger partial charge on any atom is 0.409 e. The third-order valence-electron chi connectivity index (χ3n) is 7.08. The van der Waals surface area contributed by atoms with Crippen molar-refractivity contribution >= 4 is 12.0 Å². The molecule has 1 saturated heterocycles. The van der Waals surface area contributed by atoms with Crippen molar-refractivity contribution in [2.75, 3.05) is 46.6 Å². The summed E-state index contributed by atoms with van der Waals surface area (Å²) < 4.78 is 26.9. The minimum absolute atomic E-state index is 0.127. The number of carbonyl (C=O) groups excluding carboxylic acids is 2. The average Bonchev–Trinajstić information content (AvgIpc) is 3.37. The summed E-state index contributed by atoms with van der Waals surface area (Å²) in [6, 6.07) is 5.88. The quantitative estimate of drug-likeness (QED) is 0.324. The first-order valence-electron chi connectivity index (χ1n) is 14.4. The van der Waals surface area contributed by atoms with Gasteiger partial charge in [0, 0.05) is 52.4 Å². The van der Waals surface area contributed by atoms with Crippen molar-refractivity contribution in [3.63, 3.8) is 0 Å². The molecule has 2 amide bonds. The highest BCUT2D eigenvalue weighted by atomic mass is 19.1. The van der Waals surface area contributed by atoms with Crippen LogP contribution in [0.3, 0.4) is 0 Å². The van der Waals surface area contributed by atoms with Gasteiger partial charge in [0.05, 0.1) is 12.3 Å². The molecule has 0 spiro atoms. The summed E-state index contributed by atoms with van der Waals surface area (Å²) in [6.45, 7) is 6.40. The van der Waals surface area contributed by atoms with Crippen LogP contribution in [-0.2, 0) is 15.9 Å². The molecule has 1 aliphatic heterocycles. The lowest BCUT2D eigenvalue weighted by atomic mass is 10.0. The fraction of sp³-hybridized carbons (Fsp3) is 0.655. The summed E-state index contributed by atoms with van der Waals surface area (Å²) in [7, 11) is 1.63. The van der Waals surface area contributed by atoms with E-state index in [-0.39, 0.29) is 48.6 Å². The van der Waals surface area contributed by atoms with Crippen molar-refractivity contribution in [1.29, 1.82) is 0 Å². The normalized spacial score (nSPS) is 14.4. The number of carbonyl (C=O) groups is 2. The number of para-hydroxylation sites is 1. The molecular weight excluding hydrogens is 517 g/mol. The molecule has 2 aromatic rings. The third-order valence-corrected chi connectivity index (χ3v) is 7.08. The number of benzene rings is 1. The van der Waals surface area contributed by atoms with Crippen LogP contribution in [0.2, 0.25) is 0 Å². The van der Waals surface area contributed by atoms with Crippen molar-refractivity contribution in [3.8, 4) is 5.69 Å². The van der Waals surface area contributed by atoms with E-state index in [0.29, 0.717) is 57.6 Å². The zero-order valence-corrected chi connectivity index (χ0v) is 24.1. The smallest absolute Gasteiger partial charge is 0.409 e. The molecule has 0 unspecified atom stereocenters. The number of ether oxygens (including phenoxy) is 2. The number of unbranched alkanes of at least 4 members (excludes halogenated alkanes) is 1. The third kappa shape index (κ3) is 8.72. The van der Waals surface area contributed by atoms with E-state index in [9.17, 15) is 19.1 Å². The first-order valence-corrected chi connectivity index (χ1v) is 14.4. The van der Waals surface area contributed by atoms with E-state index in [4.69, 9.17) is 9.47 Å². The first kappa shape index (κ1) is 31.5. The molecule has 0 radical (unpaired) electrons. The van der Waals surface area contributed by atoms with Crippen molar-refractivity contribution in [2.24, 2.45) is 5.92 Å². The highest BCUT2D eigenvalue weighted by Gasteiger charge is 2.31. The maximum atomic E-state index is 14.7. The van der Waals surface area contributed by atoms with Gasteiger partial charge in [0.25, 0.3) is 5.91 Å². The van der Waals surface area contributed by atoms with E-state index >= 15 is 0 Å². The van der Waals surface area contributed by atoms with Crippen LogP contribution in [0.25, 0.3) is 5.69 Å². The van der Waals surface area contributed by atoms with Gasteiger partial charge in [-0.2, -0.15) is 0 Å². The number of hydrogen-bond donors (Lipinski definition) is 1. The largest absolute Gasteiger partial charge is 0.449 e. The lowest BCUT2D eigenvalue weighted by Gasteiger charge is -2.33. The second-order valence-electron chi connectivity index (χ2n) is 10.7. The summed E-state index contributed by atoms with van der Waals surface area (Å²) in [6.07, 6.45) is 5.35. The lowest BCUT2D eigenvalue weighted by Crippen LogP contribution is -2.44. The molecule has 40 heavy (non-hydrogen) atoms. The Morgan fingerprint density at radius 1 is 1.10 bits per heavy atom. The van der Waals surface area contributed by atoms with Crippen LogP contribution < -0.4 is 0 Å². The van der Waals surface area contributed by atoms with Crippen molar-refractivity contribution in [2.45, 2.75) is 71.3 Å². The SMILES string of the molecule is COCCCCc1c(C(=O)N(CC(C)C)[C@H](CCO)CCOC(=O)N2CCCCC2)nnn1-c1ccccc1F. The van der Waals surface area contributed by atoms with Crippen molar-refractivity contribution in [3.05, 3.63) is 41.5 Å². The summed E-state index contributed by atoms with van der Waals surface area (Å²) in [4.78, 5) is 30.0. The molecule has 11 heteroatoms. The standard InChI is InChI=1S/C29H44FN5O5/c1-22(2)21-34(23(14-18-36)15-20-40-29(38)33-16-8-4-9-17-33)28(37)27-26(13-7-10-19-39-3)35(32-31-27)25-12-6-5-11-24(25)30/h5-6,11-12,22-23,36H,4,7-10,13-21H2,1-3H3/t23-/m1/s1. The van der Waals surface area contributed by atoms with Gasteiger partial charge in [0.1, 0.15) is 11.5 Å². The van der Waals surface area contributed by atoms with Crippen molar-refractivity contribution in [1.82, 2.24) is 24.8 Å². The molecule has 1 N–H and O–H groups in total. The van der Waals surface area contributed by atoms with E-state index in [1.54, 1.807) is 35.1 Å². The van der Waals surface area contributed by atoms with Crippen LogP contribution in [0.15, 0.2) is 24.3 Å². The van der Waals surface area contributed by atoms with Gasteiger partial charge in [-0.25, -0.2) is 13.9 Å². The number of aliphatic hydroxyl groups excluding tert-OH is 1. The maximum absolute atomic E-state index is 14.7. The average molecular weight is 562 g/mol. The van der Waals surface area contributed by atoms with Crippen LogP contribution in [-0.4, -0.2) is 94.5 Å². The number of rotatable bonds is 15. The van der Waals surface area contributed by atoms with E-state index in [2.05, 4.69) is 10.3 Å². The molecule has 0 saturated carbocycles. The van der Waals surface area contributed by atoms with Crippen LogP contribution >= 0.6 is 0 Å². The van der Waals surface area contributed by atoms with Crippen LogP contribution in [0.4, 0.5) is 9.18 Å². The summed E-state index contributed by atoms with van der Waals surface area (Å²) >= 11 is 0. The molecule has 1 aromatic heterocycles. The van der Waals surface area contributed by atoms with E-state index < -0.39 is 5.82 Å². The minimum Gasteiger partial charge on any atom is -0.449 e. The second-order valence-corrected chi connectivity index (χ2v) is 10.7. The molecule has 0 bridgehead atoms. The number of nitrogens with zero attached hydrogens (tertiary/aromatic N) is 5. The Labute approximate surface area is 236 Å². The molecule has 1 fully saturated rings. The van der Waals surface area contributed by atoms with Gasteiger partial charge in [-0.1, -0.05) is 31.2 Å². The number of likely N-dealkylation sites (tertiary alicyclic amines) is 1. The monoisotopic (exact) mass is 561 g/mol. The summed E-state index contributed by atoms with van der Waals surface area (Å²) in [5.74, 6) is -0.663. The number of hydrogen-bond acceptors (Lipinski definition) is 7. The second kappa shape index (κ2) is 16.3. The van der Waals surface area contributed by atoms with Gasteiger partial charge in [0.15, 0.2) is 5.69 Å². The molecule has 10 nitrogen and oxygen atoms in total. The Morgan fingerprint density at radius 2 is 1.85 bits per heavy atom. The van der Waals surface area contributed by atoms with Gasteiger partial charge in [-0.3, -0.25) is 4.79 Å². The van der Waals surface area contributed by atoms with Crippen LogP contribution in [0.5, 0.6) is 0 Å². The number of halogens is 1. The summed E-state index contributed by atoms with van der Waals surface area (Å²) in [5, 5.41) is 18.3. The Morgan fingerprint density at radius 3 is 2.52 bits per heavy atom. The van der Waals surface area contributed by atoms with Crippen LogP contribution in [0, 0.1) is 11.7 Å². The molecule has 1 aromatic carbocycles. The van der Waals surface area contributed by atoms with E-state index in [1.807, 2.05) is 13.8 Å². The zero-order valence-electron chi connectivity index (χ0n) is 24.1. The Kier molecular flexibility index (Phi) is 12.8. The first-order chi connectivity index (χ1) is 19.4. The van der Waals surface area contributed by atoms with Gasteiger partial charge < -0.3 is 24.4 Å². The van der Waals surface area contributed by atoms with Crippen molar-refractivity contribution < 1.29 is 28.6 Å². The lowest BCUT2D eigenvalue weighted by molar-refractivity contribution is 0.0528. The zero-order chi connectivity index (χ0) is 28.9. The number of aromatic nitrogens is 3. The van der Waals surface area contributed by atoms with E-state index in [1.165, 1.54) is 10.7 Å². The number of piperidine rings is 1. The fourth-order valence-electron chi connectivity index (χ4n) is 5.03. The number of aliphatic hydroxyl groups is 1. The Balaban J connectivity index is 1.84. The molecule has 2 heterocycles.